The van der Waals surface area contributed by atoms with E-state index in [9.17, 15) is 10.5 Å². The highest BCUT2D eigenvalue weighted by Crippen LogP contribution is 2.48. The van der Waals surface area contributed by atoms with Crippen molar-refractivity contribution in [1.82, 2.24) is 9.13 Å². The third-order valence-electron chi connectivity index (χ3n) is 20.7. The molecule has 2 heterocycles. The lowest BCUT2D eigenvalue weighted by atomic mass is 9.83. The standard InChI is InChI=1S/C96H60N4/c97-59-75-57-95(99-91-41-16-13-35-83(91)84-36-14-17-42-92(84)99)96(58-76(75)60-98)100-93-43-18-15-37-85(93)90-52-66(44-45-94(90)100)69-49-71(70-47-67(61-22-3-1-4-23-61)46-68(48-70)62-24-5-2-6-25-62)51-72(50-69)73-53-86(81-39-20-30-64-27-8-11-33-78(64)81)89-56-74(80-38-19-29-63-26-7-10-32-77(63)80)55-87(88(89)54-73)82-40-21-31-65-28-9-12-34-79(65)82/h1-6,8-9,11-58H,7,10H2. The molecule has 0 aliphatic heterocycles. The molecule has 0 spiro atoms. The van der Waals surface area contributed by atoms with Crippen LogP contribution in [0.4, 0.5) is 0 Å². The first kappa shape index (κ1) is 58.0. The molecule has 18 aromatic rings. The van der Waals surface area contributed by atoms with Crippen molar-refractivity contribution in [2.24, 2.45) is 0 Å². The number of benzene rings is 16. The zero-order valence-corrected chi connectivity index (χ0v) is 54.5. The Morgan fingerprint density at radius 1 is 0.230 bits per heavy atom. The van der Waals surface area contributed by atoms with Crippen LogP contribution in [0.25, 0.3) is 188 Å². The van der Waals surface area contributed by atoms with Crippen molar-refractivity contribution >= 4 is 88.1 Å². The number of fused-ring (bicyclic) bond motifs is 10. The largest absolute Gasteiger partial charge is 0.307 e. The summed E-state index contributed by atoms with van der Waals surface area (Å²) in [5.74, 6) is 0. The van der Waals surface area contributed by atoms with Gasteiger partial charge in [-0.2, -0.15) is 10.5 Å². The van der Waals surface area contributed by atoms with Gasteiger partial charge in [0, 0.05) is 21.5 Å². The maximum absolute atomic E-state index is 10.8. The molecule has 464 valence electrons. The van der Waals surface area contributed by atoms with Gasteiger partial charge in [-0.25, -0.2) is 0 Å². The Morgan fingerprint density at radius 2 is 0.600 bits per heavy atom. The average molecular weight is 1270 g/mol. The van der Waals surface area contributed by atoms with Crippen LogP contribution in [-0.4, -0.2) is 9.13 Å². The Hall–Kier alpha value is -13.4. The van der Waals surface area contributed by atoms with E-state index in [0.717, 1.165) is 129 Å². The molecular formula is C96H60N4. The van der Waals surface area contributed by atoms with E-state index in [1.54, 1.807) is 0 Å². The summed E-state index contributed by atoms with van der Waals surface area (Å²) in [5, 5.41) is 35.6. The Balaban J connectivity index is 0.897. The number of nitrogens with zero attached hydrogens (tertiary/aromatic N) is 4. The molecule has 4 nitrogen and oxygen atoms in total. The molecule has 0 fully saturated rings. The van der Waals surface area contributed by atoms with Crippen LogP contribution in [0, 0.1) is 22.7 Å². The summed E-state index contributed by atoms with van der Waals surface area (Å²) in [6.07, 6.45) is 6.87. The summed E-state index contributed by atoms with van der Waals surface area (Å²) in [7, 11) is 0. The third-order valence-corrected chi connectivity index (χ3v) is 20.7. The van der Waals surface area contributed by atoms with Gasteiger partial charge >= 0.3 is 0 Å². The van der Waals surface area contributed by atoms with Crippen LogP contribution >= 0.6 is 0 Å². The topological polar surface area (TPSA) is 57.4 Å². The van der Waals surface area contributed by atoms with Gasteiger partial charge in [-0.1, -0.05) is 237 Å². The fourth-order valence-electron chi connectivity index (χ4n) is 16.1. The minimum atomic E-state index is 0.315. The van der Waals surface area contributed by atoms with Crippen LogP contribution in [0.3, 0.4) is 0 Å². The Morgan fingerprint density at radius 3 is 1.12 bits per heavy atom. The fraction of sp³-hybridized carbons (Fsp3) is 0.0208. The molecule has 0 bridgehead atoms. The summed E-state index contributed by atoms with van der Waals surface area (Å²) in [4.78, 5) is 0. The lowest BCUT2D eigenvalue weighted by Crippen LogP contribution is -2.28. The first-order chi connectivity index (χ1) is 49.5. The van der Waals surface area contributed by atoms with Gasteiger partial charge in [0.15, 0.2) is 0 Å². The minimum Gasteiger partial charge on any atom is -0.307 e. The van der Waals surface area contributed by atoms with Crippen LogP contribution in [-0.2, 0) is 0 Å². The molecule has 0 unspecified atom stereocenters. The Bertz CT molecular complexity index is 6550. The zero-order valence-electron chi connectivity index (χ0n) is 54.5. The van der Waals surface area contributed by atoms with Gasteiger partial charge in [-0.3, -0.25) is 0 Å². The van der Waals surface area contributed by atoms with Crippen molar-refractivity contribution in [2.45, 2.75) is 12.8 Å². The van der Waals surface area contributed by atoms with Gasteiger partial charge in [0.05, 0.1) is 44.6 Å². The molecule has 4 heteroatoms. The number of aromatic nitrogens is 2. The van der Waals surface area contributed by atoms with Crippen LogP contribution in [0.15, 0.2) is 328 Å². The van der Waals surface area contributed by atoms with Crippen molar-refractivity contribution in [3.63, 3.8) is 0 Å². The molecule has 0 amide bonds. The highest BCUT2D eigenvalue weighted by molar-refractivity contribution is 6.16. The van der Waals surface area contributed by atoms with Gasteiger partial charge in [0.2, 0.25) is 0 Å². The normalized spacial score (nSPS) is 12.1. The van der Waals surface area contributed by atoms with Gasteiger partial charge in [-0.05, 0) is 248 Å². The quantitative estimate of drug-likeness (QED) is 0.137. The highest BCUT2D eigenvalue weighted by atomic mass is 15.1. The van der Waals surface area contributed by atoms with Crippen molar-refractivity contribution in [2.75, 3.05) is 0 Å². The molecule has 19 rings (SSSR count). The molecular weight excluding hydrogens is 1210 g/mol. The maximum atomic E-state index is 10.8. The molecule has 0 atom stereocenters. The predicted octanol–water partition coefficient (Wildman–Crippen LogP) is 23.8. The van der Waals surface area contributed by atoms with E-state index in [1.165, 1.54) is 70.6 Å². The monoisotopic (exact) mass is 1270 g/mol. The lowest BCUT2D eigenvalue weighted by Gasteiger charge is -2.20. The summed E-state index contributed by atoms with van der Waals surface area (Å²) >= 11 is 0. The van der Waals surface area contributed by atoms with Crippen LogP contribution < -0.4 is 10.4 Å². The number of para-hydroxylation sites is 3. The Labute approximate surface area is 578 Å². The molecule has 100 heavy (non-hydrogen) atoms. The van der Waals surface area contributed by atoms with E-state index >= 15 is 0 Å². The van der Waals surface area contributed by atoms with E-state index in [0.29, 0.717) is 11.1 Å². The van der Waals surface area contributed by atoms with Crippen molar-refractivity contribution in [1.29, 1.82) is 10.5 Å². The third kappa shape index (κ3) is 9.65. The molecule has 16 aromatic carbocycles. The Kier molecular flexibility index (Phi) is 13.8. The lowest BCUT2D eigenvalue weighted by molar-refractivity contribution is 1.09. The summed E-state index contributed by atoms with van der Waals surface area (Å²) in [5.41, 5.74) is 24.4. The molecule has 0 N–H and O–H groups in total. The van der Waals surface area contributed by atoms with E-state index in [1.807, 2.05) is 12.1 Å². The summed E-state index contributed by atoms with van der Waals surface area (Å²) in [6, 6.07) is 125. The van der Waals surface area contributed by atoms with E-state index in [2.05, 4.69) is 349 Å². The van der Waals surface area contributed by atoms with E-state index in [-0.39, 0.29) is 0 Å². The molecule has 0 radical (unpaired) electrons. The first-order valence-electron chi connectivity index (χ1n) is 34.3. The van der Waals surface area contributed by atoms with Crippen LogP contribution in [0.1, 0.15) is 24.0 Å². The second-order valence-electron chi connectivity index (χ2n) is 26.4. The molecule has 1 aliphatic rings. The summed E-state index contributed by atoms with van der Waals surface area (Å²) < 4.78 is 4.55. The maximum Gasteiger partial charge on any atom is 0.101 e. The van der Waals surface area contributed by atoms with Crippen molar-refractivity contribution in [3.05, 3.63) is 349 Å². The molecule has 1 aliphatic carbocycles. The van der Waals surface area contributed by atoms with Crippen LogP contribution in [0.5, 0.6) is 0 Å². The van der Waals surface area contributed by atoms with Crippen molar-refractivity contribution < 1.29 is 0 Å². The van der Waals surface area contributed by atoms with E-state index < -0.39 is 0 Å². The second-order valence-corrected chi connectivity index (χ2v) is 26.4. The number of nitriles is 2. The molecule has 0 saturated heterocycles. The predicted molar refractivity (Wildman–Crippen MR) is 418 cm³/mol. The fourth-order valence-corrected chi connectivity index (χ4v) is 16.1. The smallest absolute Gasteiger partial charge is 0.101 e. The summed E-state index contributed by atoms with van der Waals surface area (Å²) in [6.45, 7) is 0. The number of hydrogen-bond acceptors (Lipinski definition) is 2. The zero-order chi connectivity index (χ0) is 66.4. The SMILES string of the molecule is N#Cc1cc(-n2c3ccccc3c3ccccc32)c(-n2c3ccccc3c3cc(-c4cc(-c5cc(-c6ccccc6)cc(-c6ccccc6)c5)cc(-c5cc(-c6cccc7ccccc67)c6cc(-c7cccc8c7=CCCC=8)cc(-c7cccc8ccccc78)c6c5)c4)ccc32)cc1C#N. The van der Waals surface area contributed by atoms with Crippen molar-refractivity contribution in [3.8, 4) is 113 Å². The van der Waals surface area contributed by atoms with Gasteiger partial charge in [0.25, 0.3) is 0 Å². The molecule has 0 saturated carbocycles. The highest BCUT2D eigenvalue weighted by Gasteiger charge is 2.25. The average Bonchev–Trinajstić information content (AvgIpc) is 1.43. The number of hydrogen-bond donors (Lipinski definition) is 0. The van der Waals surface area contributed by atoms with Crippen LogP contribution in [0.2, 0.25) is 0 Å². The molecule has 2 aromatic heterocycles. The van der Waals surface area contributed by atoms with Gasteiger partial charge < -0.3 is 9.13 Å². The van der Waals surface area contributed by atoms with E-state index in [4.69, 9.17) is 0 Å². The second kappa shape index (κ2) is 23.8. The van der Waals surface area contributed by atoms with Gasteiger partial charge in [0.1, 0.15) is 12.1 Å². The minimum absolute atomic E-state index is 0.315. The van der Waals surface area contributed by atoms with Gasteiger partial charge in [-0.15, -0.1) is 0 Å². The first-order valence-corrected chi connectivity index (χ1v) is 34.3. The number of rotatable bonds is 10.